The van der Waals surface area contributed by atoms with Gasteiger partial charge in [-0.15, -0.1) is 0 Å². The molecule has 19 heavy (non-hydrogen) atoms. The van der Waals surface area contributed by atoms with E-state index in [-0.39, 0.29) is 0 Å². The average molecular weight is 249 g/mol. The first-order valence-corrected chi connectivity index (χ1v) is 7.28. The van der Waals surface area contributed by atoms with Crippen molar-refractivity contribution in [3.05, 3.63) is 70.8 Å². The monoisotopic (exact) mass is 249 g/mol. The Morgan fingerprint density at radius 1 is 0.842 bits per heavy atom. The van der Waals surface area contributed by atoms with Crippen molar-refractivity contribution in [2.75, 3.05) is 6.54 Å². The zero-order chi connectivity index (χ0) is 12.8. The highest BCUT2D eigenvalue weighted by Crippen LogP contribution is 2.55. The molecular formula is C18H19N. The second-order valence-electron chi connectivity index (χ2n) is 5.86. The number of fused-ring (bicyclic) bond motifs is 1. The van der Waals surface area contributed by atoms with Crippen molar-refractivity contribution in [2.24, 2.45) is 11.7 Å². The van der Waals surface area contributed by atoms with Crippen LogP contribution in [-0.4, -0.2) is 6.54 Å². The third-order valence-electron chi connectivity index (χ3n) is 4.96. The van der Waals surface area contributed by atoms with Crippen LogP contribution in [0.15, 0.2) is 48.5 Å². The quantitative estimate of drug-likeness (QED) is 0.864. The molecule has 0 amide bonds. The maximum Gasteiger partial charge on any atom is 0.0124 e. The lowest BCUT2D eigenvalue weighted by atomic mass is 9.58. The Kier molecular flexibility index (Phi) is 2.49. The van der Waals surface area contributed by atoms with Crippen molar-refractivity contribution in [2.45, 2.75) is 24.7 Å². The van der Waals surface area contributed by atoms with Gasteiger partial charge in [-0.2, -0.15) is 0 Å². The van der Waals surface area contributed by atoms with Crippen LogP contribution < -0.4 is 5.73 Å². The highest BCUT2D eigenvalue weighted by atomic mass is 14.5. The molecule has 0 radical (unpaired) electrons. The minimum Gasteiger partial charge on any atom is -0.330 e. The van der Waals surface area contributed by atoms with Gasteiger partial charge in [0.1, 0.15) is 0 Å². The summed E-state index contributed by atoms with van der Waals surface area (Å²) in [4.78, 5) is 0. The fourth-order valence-electron chi connectivity index (χ4n) is 4.26. The summed E-state index contributed by atoms with van der Waals surface area (Å²) in [6, 6.07) is 18.0. The first kappa shape index (κ1) is 11.2. The molecule has 2 aromatic carbocycles. The largest absolute Gasteiger partial charge is 0.330 e. The summed E-state index contributed by atoms with van der Waals surface area (Å²) < 4.78 is 0. The van der Waals surface area contributed by atoms with Gasteiger partial charge in [0.05, 0.1) is 0 Å². The molecule has 0 aromatic heterocycles. The van der Waals surface area contributed by atoms with E-state index in [9.17, 15) is 0 Å². The van der Waals surface area contributed by atoms with Gasteiger partial charge in [-0.05, 0) is 47.6 Å². The molecule has 0 heterocycles. The highest BCUT2D eigenvalue weighted by Gasteiger charge is 2.42. The summed E-state index contributed by atoms with van der Waals surface area (Å²) in [6.07, 6.45) is 2.42. The molecule has 1 heteroatoms. The van der Waals surface area contributed by atoms with E-state index in [0.29, 0.717) is 11.8 Å². The molecule has 3 aliphatic carbocycles. The van der Waals surface area contributed by atoms with E-state index in [2.05, 4.69) is 48.5 Å². The summed E-state index contributed by atoms with van der Waals surface area (Å²) in [5, 5.41) is 0. The van der Waals surface area contributed by atoms with Gasteiger partial charge in [-0.25, -0.2) is 0 Å². The molecule has 2 N–H and O–H groups in total. The van der Waals surface area contributed by atoms with Crippen molar-refractivity contribution in [1.29, 1.82) is 0 Å². The van der Waals surface area contributed by atoms with E-state index in [1.165, 1.54) is 6.42 Å². The van der Waals surface area contributed by atoms with E-state index >= 15 is 0 Å². The van der Waals surface area contributed by atoms with Crippen LogP contribution in [0.5, 0.6) is 0 Å². The number of nitrogens with two attached hydrogens (primary N) is 1. The SMILES string of the molecule is NCCC1CC2c3ccccc3C1c1ccccc12. The van der Waals surface area contributed by atoms with E-state index in [0.717, 1.165) is 18.9 Å². The number of rotatable bonds is 2. The minimum absolute atomic E-state index is 0.570. The molecule has 0 saturated heterocycles. The smallest absolute Gasteiger partial charge is 0.0124 e. The van der Waals surface area contributed by atoms with Crippen LogP contribution in [0.2, 0.25) is 0 Å². The van der Waals surface area contributed by atoms with Gasteiger partial charge in [-0.1, -0.05) is 48.5 Å². The first-order valence-electron chi connectivity index (χ1n) is 7.28. The maximum atomic E-state index is 5.83. The van der Waals surface area contributed by atoms with E-state index in [1.807, 2.05) is 0 Å². The van der Waals surface area contributed by atoms with Crippen LogP contribution in [0.3, 0.4) is 0 Å². The van der Waals surface area contributed by atoms with Gasteiger partial charge >= 0.3 is 0 Å². The average Bonchev–Trinajstić information content (AvgIpc) is 2.48. The molecule has 0 fully saturated rings. The molecule has 5 rings (SSSR count). The molecule has 2 bridgehead atoms. The standard InChI is InChI=1S/C18H19N/c19-10-9-12-11-17-13-5-1-3-7-15(13)18(12)16-8-4-2-6-14(16)17/h1-8,12,17-18H,9-11,19H2. The molecule has 0 saturated carbocycles. The Hall–Kier alpha value is -1.60. The predicted octanol–water partition coefficient (Wildman–Crippen LogP) is 3.63. The molecular weight excluding hydrogens is 230 g/mol. The number of hydrogen-bond acceptors (Lipinski definition) is 1. The molecule has 3 aliphatic rings. The van der Waals surface area contributed by atoms with E-state index in [4.69, 9.17) is 5.73 Å². The zero-order valence-electron chi connectivity index (χ0n) is 11.0. The van der Waals surface area contributed by atoms with E-state index < -0.39 is 0 Å². The van der Waals surface area contributed by atoms with Crippen LogP contribution in [0, 0.1) is 5.92 Å². The Morgan fingerprint density at radius 3 is 1.89 bits per heavy atom. The molecule has 2 aromatic rings. The number of hydrogen-bond donors (Lipinski definition) is 1. The van der Waals surface area contributed by atoms with Gasteiger partial charge in [-0.3, -0.25) is 0 Å². The lowest BCUT2D eigenvalue weighted by Gasteiger charge is -2.45. The zero-order valence-corrected chi connectivity index (χ0v) is 11.0. The first-order chi connectivity index (χ1) is 9.40. The van der Waals surface area contributed by atoms with Crippen LogP contribution in [0.4, 0.5) is 0 Å². The second-order valence-corrected chi connectivity index (χ2v) is 5.86. The molecule has 96 valence electrons. The van der Waals surface area contributed by atoms with Crippen molar-refractivity contribution in [3.63, 3.8) is 0 Å². The van der Waals surface area contributed by atoms with Crippen molar-refractivity contribution < 1.29 is 0 Å². The molecule has 1 unspecified atom stereocenters. The third-order valence-corrected chi connectivity index (χ3v) is 4.96. The maximum absolute atomic E-state index is 5.83. The molecule has 1 atom stereocenters. The number of benzene rings is 2. The Balaban J connectivity index is 1.93. The fourth-order valence-corrected chi connectivity index (χ4v) is 4.26. The topological polar surface area (TPSA) is 26.0 Å². The lowest BCUT2D eigenvalue weighted by Crippen LogP contribution is -2.33. The Labute approximate surface area is 114 Å². The van der Waals surface area contributed by atoms with Crippen molar-refractivity contribution in [3.8, 4) is 0 Å². The third kappa shape index (κ3) is 1.51. The van der Waals surface area contributed by atoms with Crippen LogP contribution in [0.1, 0.15) is 46.9 Å². The minimum atomic E-state index is 0.570. The summed E-state index contributed by atoms with van der Waals surface area (Å²) in [5.74, 6) is 1.88. The van der Waals surface area contributed by atoms with Crippen LogP contribution in [0.25, 0.3) is 0 Å². The normalized spacial score (nSPS) is 26.9. The summed E-state index contributed by atoms with van der Waals surface area (Å²) in [6.45, 7) is 0.804. The molecule has 0 aliphatic heterocycles. The highest BCUT2D eigenvalue weighted by molar-refractivity contribution is 5.55. The second kappa shape index (κ2) is 4.21. The van der Waals surface area contributed by atoms with Gasteiger partial charge < -0.3 is 5.73 Å². The van der Waals surface area contributed by atoms with Crippen molar-refractivity contribution >= 4 is 0 Å². The Morgan fingerprint density at radius 2 is 1.37 bits per heavy atom. The summed E-state index contributed by atoms with van der Waals surface area (Å²) in [5.41, 5.74) is 12.0. The van der Waals surface area contributed by atoms with Crippen LogP contribution in [-0.2, 0) is 0 Å². The lowest BCUT2D eigenvalue weighted by molar-refractivity contribution is 0.340. The van der Waals surface area contributed by atoms with Crippen molar-refractivity contribution in [1.82, 2.24) is 0 Å². The fraction of sp³-hybridized carbons (Fsp3) is 0.333. The predicted molar refractivity (Wildman–Crippen MR) is 78.3 cm³/mol. The molecule has 0 spiro atoms. The van der Waals surface area contributed by atoms with Gasteiger partial charge in [0, 0.05) is 11.8 Å². The van der Waals surface area contributed by atoms with Gasteiger partial charge in [0.15, 0.2) is 0 Å². The molecule has 1 nitrogen and oxygen atoms in total. The van der Waals surface area contributed by atoms with E-state index in [1.54, 1.807) is 22.3 Å². The van der Waals surface area contributed by atoms with Crippen LogP contribution >= 0.6 is 0 Å². The van der Waals surface area contributed by atoms with Gasteiger partial charge in [0.25, 0.3) is 0 Å². The summed E-state index contributed by atoms with van der Waals surface area (Å²) >= 11 is 0. The van der Waals surface area contributed by atoms with Gasteiger partial charge in [0.2, 0.25) is 0 Å². The summed E-state index contributed by atoms with van der Waals surface area (Å²) in [7, 11) is 0. The Bertz CT molecular complexity index is 569.